The zero-order chi connectivity index (χ0) is 20.7. The van der Waals surface area contributed by atoms with Crippen LogP contribution in [0.4, 0.5) is 17.6 Å². The molecule has 2 aromatic rings. The molecule has 0 saturated heterocycles. The number of nitriles is 1. The second-order valence-electron chi connectivity index (χ2n) is 4.64. The predicted octanol–water partition coefficient (Wildman–Crippen LogP) is 6.37. The van der Waals surface area contributed by atoms with Crippen LogP contribution in [0.5, 0.6) is 5.75 Å². The number of alkyl halides is 6. The fraction of sp³-hybridized carbons (Fsp3) is 0.154. The van der Waals surface area contributed by atoms with E-state index in [9.17, 15) is 27.4 Å². The van der Waals surface area contributed by atoms with Crippen LogP contribution in [0.2, 0.25) is 15.2 Å². The third-order valence-electron chi connectivity index (χ3n) is 2.90. The molecule has 0 fully saturated rings. The maximum atomic E-state index is 13.6. The minimum Gasteiger partial charge on any atom is -0.607 e. The van der Waals surface area contributed by atoms with Gasteiger partial charge in [0.15, 0.2) is 4.90 Å². The van der Waals surface area contributed by atoms with Gasteiger partial charge in [-0.1, -0.05) is 34.8 Å². The summed E-state index contributed by atoms with van der Waals surface area (Å²) < 4.78 is 64.1. The van der Waals surface area contributed by atoms with Gasteiger partial charge in [-0.2, -0.15) is 9.65 Å². The summed E-state index contributed by atoms with van der Waals surface area (Å²) in [4.78, 5) is -0.474. The second kappa shape index (κ2) is 7.95. The number of hydrogen-bond acceptors (Lipinski definition) is 3. The van der Waals surface area contributed by atoms with Crippen molar-refractivity contribution in [1.29, 1.82) is 5.26 Å². The molecule has 0 N–H and O–H groups in total. The second-order valence-corrected chi connectivity index (χ2v) is 9.03. The van der Waals surface area contributed by atoms with Crippen molar-refractivity contribution in [1.82, 2.24) is 4.57 Å². The Bertz CT molecular complexity index is 900. The van der Waals surface area contributed by atoms with Crippen molar-refractivity contribution in [2.45, 2.75) is 15.2 Å². The molecule has 0 saturated carbocycles. The van der Waals surface area contributed by atoms with Crippen molar-refractivity contribution >= 4 is 69.2 Å². The number of rotatable bonds is 4. The van der Waals surface area contributed by atoms with Crippen LogP contribution in [0, 0.1) is 11.3 Å². The lowest BCUT2D eigenvalue weighted by Gasteiger charge is -2.14. The van der Waals surface area contributed by atoms with E-state index in [0.29, 0.717) is 0 Å². The lowest BCUT2D eigenvalue weighted by Crippen LogP contribution is -2.21. The molecular formula is C13H3Cl5F4N2O2S. The number of halogens is 9. The summed E-state index contributed by atoms with van der Waals surface area (Å²) in [5, 5.41) is 8.07. The first-order valence-electron chi connectivity index (χ1n) is 6.31. The van der Waals surface area contributed by atoms with Crippen molar-refractivity contribution in [2.75, 3.05) is 0 Å². The van der Waals surface area contributed by atoms with Crippen LogP contribution in [0.1, 0.15) is 5.56 Å². The number of hydrogen-bond donors (Lipinski definition) is 0. The Morgan fingerprint density at radius 3 is 2.04 bits per heavy atom. The van der Waals surface area contributed by atoms with Crippen molar-refractivity contribution in [3.05, 3.63) is 39.1 Å². The summed E-state index contributed by atoms with van der Waals surface area (Å²) >= 11 is 25.5. The first-order chi connectivity index (χ1) is 12.3. The lowest BCUT2D eigenvalue weighted by molar-refractivity contribution is -0.274. The zero-order valence-electron chi connectivity index (χ0n) is 12.3. The number of aromatic nitrogens is 1. The van der Waals surface area contributed by atoms with Crippen LogP contribution in [-0.2, 0) is 11.2 Å². The van der Waals surface area contributed by atoms with Crippen molar-refractivity contribution in [3.63, 3.8) is 0 Å². The van der Waals surface area contributed by atoms with E-state index in [1.54, 1.807) is 6.07 Å². The lowest BCUT2D eigenvalue weighted by atomic mass is 10.3. The van der Waals surface area contributed by atoms with Gasteiger partial charge in [0.2, 0.25) is 0 Å². The van der Waals surface area contributed by atoms with Crippen LogP contribution >= 0.6 is 58.0 Å². The van der Waals surface area contributed by atoms with Crippen molar-refractivity contribution in [2.24, 2.45) is 0 Å². The molecule has 0 aliphatic carbocycles. The topological polar surface area (TPSA) is 61.0 Å². The fourth-order valence-electron chi connectivity index (χ4n) is 1.95. The summed E-state index contributed by atoms with van der Waals surface area (Å²) in [7, 11) is 0. The molecule has 1 aromatic heterocycles. The van der Waals surface area contributed by atoms with Crippen LogP contribution in [0.15, 0.2) is 23.2 Å². The first kappa shape index (κ1) is 22.6. The minimum absolute atomic E-state index is 0.175. The van der Waals surface area contributed by atoms with Gasteiger partial charge in [-0.3, -0.25) is 4.57 Å². The molecule has 27 heavy (non-hydrogen) atoms. The Hall–Kier alpha value is -0.730. The smallest absolute Gasteiger partial charge is 0.573 e. The van der Waals surface area contributed by atoms with Gasteiger partial charge in [0, 0.05) is 12.1 Å². The molecule has 1 unspecified atom stereocenters. The molecule has 0 aliphatic heterocycles. The highest BCUT2D eigenvalue weighted by molar-refractivity contribution is 7.95. The summed E-state index contributed by atoms with van der Waals surface area (Å²) in [5.74, 6) is -0.710. The summed E-state index contributed by atoms with van der Waals surface area (Å²) in [6, 6.07) is 3.18. The molecule has 0 bridgehead atoms. The summed E-state index contributed by atoms with van der Waals surface area (Å²) in [6.45, 7) is 0. The molecule has 1 atom stereocenters. The van der Waals surface area contributed by atoms with E-state index in [1.165, 1.54) is 0 Å². The maximum Gasteiger partial charge on any atom is 0.573 e. The molecule has 0 aliphatic rings. The largest absolute Gasteiger partial charge is 0.607 e. The Balaban J connectivity index is 2.63. The minimum atomic E-state index is -4.98. The average molecular weight is 505 g/mol. The maximum absolute atomic E-state index is 13.6. The molecule has 146 valence electrons. The van der Waals surface area contributed by atoms with Gasteiger partial charge >= 0.3 is 10.3 Å². The number of benzene rings is 1. The fourth-order valence-corrected chi connectivity index (χ4v) is 4.21. The van der Waals surface area contributed by atoms with E-state index in [1.807, 2.05) is 0 Å². The van der Waals surface area contributed by atoms with Crippen molar-refractivity contribution < 1.29 is 26.9 Å². The molecular weight excluding hydrogens is 501 g/mol. The molecule has 1 aromatic carbocycles. The van der Waals surface area contributed by atoms with Gasteiger partial charge in [-0.15, -0.1) is 13.2 Å². The molecule has 0 amide bonds. The third kappa shape index (κ3) is 5.01. The van der Waals surface area contributed by atoms with Gasteiger partial charge in [0.25, 0.3) is 0 Å². The molecule has 1 heterocycles. The number of ether oxygens (including phenoxy) is 1. The highest BCUT2D eigenvalue weighted by Gasteiger charge is 2.43. The number of nitrogens with zero attached hydrogens (tertiary/aromatic N) is 2. The van der Waals surface area contributed by atoms with Gasteiger partial charge < -0.3 is 9.29 Å². The monoisotopic (exact) mass is 502 g/mol. The van der Waals surface area contributed by atoms with E-state index in [0.717, 1.165) is 22.9 Å². The highest BCUT2D eigenvalue weighted by atomic mass is 35.5. The normalized spacial score (nSPS) is 13.4. The van der Waals surface area contributed by atoms with E-state index < -0.39 is 42.8 Å². The summed E-state index contributed by atoms with van der Waals surface area (Å²) in [5.41, 5.74) is -0.618. The predicted molar refractivity (Wildman–Crippen MR) is 94.2 cm³/mol. The van der Waals surface area contributed by atoms with E-state index in [2.05, 4.69) is 4.74 Å². The van der Waals surface area contributed by atoms with E-state index in [4.69, 9.17) is 58.0 Å². The Morgan fingerprint density at radius 2 is 1.63 bits per heavy atom. The summed E-state index contributed by atoms with van der Waals surface area (Å²) in [6.07, 6.45) is -4.06. The van der Waals surface area contributed by atoms with Gasteiger partial charge in [0.1, 0.15) is 22.5 Å². The molecule has 14 heteroatoms. The van der Waals surface area contributed by atoms with Crippen LogP contribution in [-0.4, -0.2) is 19.4 Å². The molecule has 4 nitrogen and oxygen atoms in total. The van der Waals surface area contributed by atoms with Gasteiger partial charge in [0.05, 0.1) is 33.1 Å². The SMILES string of the molecule is N#Cc1c([S+]([O-])C(F)(Cl)Cl)cn(-c2c(Cl)cc(OC(F)(F)F)cc2Cl)c1Cl. The Kier molecular flexibility index (Phi) is 6.64. The standard InChI is InChI=1S/C13H3Cl5F4N2O2S/c14-7-1-5(26-13(20,21)22)2-8(15)10(7)24-4-9(6(3-23)11(24)16)27(25)12(17,18)19/h1-2,4H. The Labute approximate surface area is 177 Å². The van der Waals surface area contributed by atoms with Crippen LogP contribution < -0.4 is 4.74 Å². The molecule has 0 spiro atoms. The zero-order valence-corrected chi connectivity index (χ0v) is 16.8. The quantitative estimate of drug-likeness (QED) is 0.276. The van der Waals surface area contributed by atoms with E-state index >= 15 is 0 Å². The average Bonchev–Trinajstić information content (AvgIpc) is 2.79. The van der Waals surface area contributed by atoms with Crippen LogP contribution in [0.3, 0.4) is 0 Å². The first-order valence-corrected chi connectivity index (χ1v) is 9.35. The highest BCUT2D eigenvalue weighted by Crippen LogP contribution is 2.42. The third-order valence-corrected chi connectivity index (χ3v) is 5.81. The van der Waals surface area contributed by atoms with E-state index in [-0.39, 0.29) is 15.7 Å². The van der Waals surface area contributed by atoms with Crippen molar-refractivity contribution in [3.8, 4) is 17.5 Å². The van der Waals surface area contributed by atoms with Gasteiger partial charge in [-0.05, 0) is 23.2 Å². The van der Waals surface area contributed by atoms with Crippen LogP contribution in [0.25, 0.3) is 5.69 Å². The Morgan fingerprint density at radius 1 is 1.11 bits per heavy atom. The molecule has 2 rings (SSSR count). The molecule has 0 radical (unpaired) electrons. The van der Waals surface area contributed by atoms with Gasteiger partial charge in [-0.25, -0.2) is 0 Å².